The summed E-state index contributed by atoms with van der Waals surface area (Å²) in [6.07, 6.45) is 9.34. The van der Waals surface area contributed by atoms with Crippen molar-refractivity contribution in [3.8, 4) is 22.5 Å². The standard InChI is InChI=1S/C22H22FN5/c1-15(27-14-22(24)7-2-8-22)16-3-5-17(6-4-16)20-12-26-13-21(28-20)18-9-19(23)11-25-10-18/h3-6,9-13,27H,1-2,7-8,14,24H2. The number of hydrogen-bond acceptors (Lipinski definition) is 5. The van der Waals surface area contributed by atoms with Crippen molar-refractivity contribution in [1.82, 2.24) is 20.3 Å². The third-order valence-corrected chi connectivity index (χ3v) is 5.17. The molecule has 3 aromatic rings. The number of halogens is 1. The number of hydrogen-bond donors (Lipinski definition) is 2. The van der Waals surface area contributed by atoms with E-state index < -0.39 is 5.82 Å². The van der Waals surface area contributed by atoms with Gasteiger partial charge in [-0.3, -0.25) is 9.97 Å². The SMILES string of the molecule is C=C(NCC1(N)CCC1)c1ccc(-c2cncc(-c3cncc(F)c3)n2)cc1. The van der Waals surface area contributed by atoms with Crippen LogP contribution in [-0.2, 0) is 0 Å². The fraction of sp³-hybridized carbons (Fsp3) is 0.227. The highest BCUT2D eigenvalue weighted by Gasteiger charge is 2.32. The van der Waals surface area contributed by atoms with Gasteiger partial charge in [0.25, 0.3) is 0 Å². The van der Waals surface area contributed by atoms with E-state index in [0.717, 1.165) is 42.4 Å². The number of aromatic nitrogens is 3. The van der Waals surface area contributed by atoms with Gasteiger partial charge >= 0.3 is 0 Å². The smallest absolute Gasteiger partial charge is 0.142 e. The van der Waals surface area contributed by atoms with E-state index in [9.17, 15) is 4.39 Å². The van der Waals surface area contributed by atoms with Crippen molar-refractivity contribution >= 4 is 5.70 Å². The Kier molecular flexibility index (Phi) is 4.88. The summed E-state index contributed by atoms with van der Waals surface area (Å²) in [7, 11) is 0. The minimum atomic E-state index is -0.402. The highest BCUT2D eigenvalue weighted by Crippen LogP contribution is 2.29. The Bertz CT molecular complexity index is 996. The van der Waals surface area contributed by atoms with E-state index in [2.05, 4.69) is 26.8 Å². The Morgan fingerprint density at radius 3 is 2.36 bits per heavy atom. The second-order valence-electron chi connectivity index (χ2n) is 7.31. The molecule has 1 fully saturated rings. The van der Waals surface area contributed by atoms with Gasteiger partial charge in [0.15, 0.2) is 0 Å². The van der Waals surface area contributed by atoms with Gasteiger partial charge in [-0.25, -0.2) is 9.37 Å². The summed E-state index contributed by atoms with van der Waals surface area (Å²) < 4.78 is 13.4. The van der Waals surface area contributed by atoms with Crippen molar-refractivity contribution in [3.05, 3.63) is 73.1 Å². The van der Waals surface area contributed by atoms with Gasteiger partial charge in [-0.2, -0.15) is 0 Å². The Morgan fingerprint density at radius 1 is 1.04 bits per heavy atom. The van der Waals surface area contributed by atoms with E-state index in [-0.39, 0.29) is 5.54 Å². The molecular formula is C22H22FN5. The average molecular weight is 375 g/mol. The van der Waals surface area contributed by atoms with E-state index in [1.54, 1.807) is 18.6 Å². The molecule has 142 valence electrons. The highest BCUT2D eigenvalue weighted by atomic mass is 19.1. The summed E-state index contributed by atoms with van der Waals surface area (Å²) >= 11 is 0. The highest BCUT2D eigenvalue weighted by molar-refractivity contribution is 5.68. The molecule has 2 heterocycles. The maximum atomic E-state index is 13.4. The number of benzene rings is 1. The Labute approximate surface area is 163 Å². The largest absolute Gasteiger partial charge is 0.383 e. The number of nitrogens with one attached hydrogen (secondary N) is 1. The first kappa shape index (κ1) is 18.3. The predicted molar refractivity (Wildman–Crippen MR) is 108 cm³/mol. The summed E-state index contributed by atoms with van der Waals surface area (Å²) in [5.74, 6) is -0.402. The molecule has 1 aliphatic carbocycles. The van der Waals surface area contributed by atoms with Crippen molar-refractivity contribution in [1.29, 1.82) is 0 Å². The van der Waals surface area contributed by atoms with Gasteiger partial charge in [0.2, 0.25) is 0 Å². The molecule has 0 saturated heterocycles. The van der Waals surface area contributed by atoms with E-state index >= 15 is 0 Å². The lowest BCUT2D eigenvalue weighted by Gasteiger charge is -2.38. The van der Waals surface area contributed by atoms with Crippen LogP contribution in [0.15, 0.2) is 61.7 Å². The molecule has 1 aromatic carbocycles. The normalized spacial score (nSPS) is 14.9. The molecule has 5 nitrogen and oxygen atoms in total. The van der Waals surface area contributed by atoms with Gasteiger partial charge in [-0.05, 0) is 30.9 Å². The quantitative estimate of drug-likeness (QED) is 0.686. The van der Waals surface area contributed by atoms with Crippen LogP contribution >= 0.6 is 0 Å². The van der Waals surface area contributed by atoms with Crippen LogP contribution in [0.3, 0.4) is 0 Å². The topological polar surface area (TPSA) is 76.7 Å². The second kappa shape index (κ2) is 7.48. The molecule has 0 radical (unpaired) electrons. The van der Waals surface area contributed by atoms with Crippen LogP contribution in [0.5, 0.6) is 0 Å². The summed E-state index contributed by atoms with van der Waals surface area (Å²) in [5.41, 5.74) is 10.8. The lowest BCUT2D eigenvalue weighted by Crippen LogP contribution is -2.53. The van der Waals surface area contributed by atoms with E-state index in [1.165, 1.54) is 12.5 Å². The van der Waals surface area contributed by atoms with Crippen LogP contribution in [0.2, 0.25) is 0 Å². The van der Waals surface area contributed by atoms with Gasteiger partial charge in [-0.1, -0.05) is 30.8 Å². The van der Waals surface area contributed by atoms with Crippen molar-refractivity contribution in [2.24, 2.45) is 5.73 Å². The molecule has 2 aromatic heterocycles. The summed E-state index contributed by atoms with van der Waals surface area (Å²) in [6, 6.07) is 9.33. The molecular weight excluding hydrogens is 353 g/mol. The maximum Gasteiger partial charge on any atom is 0.142 e. The zero-order valence-corrected chi connectivity index (χ0v) is 15.5. The minimum absolute atomic E-state index is 0.0926. The molecule has 0 amide bonds. The fourth-order valence-corrected chi connectivity index (χ4v) is 3.23. The molecule has 0 unspecified atom stereocenters. The predicted octanol–water partition coefficient (Wildman–Crippen LogP) is 3.79. The molecule has 1 aliphatic rings. The summed E-state index contributed by atoms with van der Waals surface area (Å²) in [6.45, 7) is 4.85. The molecule has 0 atom stereocenters. The van der Waals surface area contributed by atoms with Gasteiger partial charge in [-0.15, -0.1) is 0 Å². The average Bonchev–Trinajstić information content (AvgIpc) is 2.71. The molecule has 6 heteroatoms. The van der Waals surface area contributed by atoms with Crippen LogP contribution in [-0.4, -0.2) is 27.0 Å². The van der Waals surface area contributed by atoms with E-state index in [0.29, 0.717) is 17.0 Å². The lowest BCUT2D eigenvalue weighted by atomic mass is 9.77. The van der Waals surface area contributed by atoms with Gasteiger partial charge < -0.3 is 11.1 Å². The first-order chi connectivity index (χ1) is 13.5. The molecule has 1 saturated carbocycles. The van der Waals surface area contributed by atoms with Crippen molar-refractivity contribution < 1.29 is 4.39 Å². The number of pyridine rings is 1. The Hall–Kier alpha value is -3.12. The summed E-state index contributed by atoms with van der Waals surface area (Å²) in [5, 5.41) is 3.35. The van der Waals surface area contributed by atoms with Crippen LogP contribution in [0, 0.1) is 5.82 Å². The Morgan fingerprint density at radius 2 is 1.71 bits per heavy atom. The molecule has 28 heavy (non-hydrogen) atoms. The van der Waals surface area contributed by atoms with Crippen LogP contribution in [0.25, 0.3) is 28.2 Å². The monoisotopic (exact) mass is 375 g/mol. The van der Waals surface area contributed by atoms with Gasteiger partial charge in [0, 0.05) is 35.1 Å². The molecule has 0 spiro atoms. The van der Waals surface area contributed by atoms with Crippen molar-refractivity contribution in [2.45, 2.75) is 24.8 Å². The molecule has 0 bridgehead atoms. The third-order valence-electron chi connectivity index (χ3n) is 5.17. The first-order valence-electron chi connectivity index (χ1n) is 9.28. The molecule has 3 N–H and O–H groups in total. The number of nitrogens with zero attached hydrogens (tertiary/aromatic N) is 3. The summed E-state index contributed by atoms with van der Waals surface area (Å²) in [4.78, 5) is 12.7. The van der Waals surface area contributed by atoms with E-state index in [1.807, 2.05) is 24.3 Å². The molecule has 0 aliphatic heterocycles. The number of nitrogens with two attached hydrogens (primary N) is 1. The second-order valence-corrected chi connectivity index (χ2v) is 7.31. The minimum Gasteiger partial charge on any atom is -0.383 e. The zero-order chi connectivity index (χ0) is 19.6. The van der Waals surface area contributed by atoms with Crippen molar-refractivity contribution in [2.75, 3.05) is 6.54 Å². The maximum absolute atomic E-state index is 13.4. The van der Waals surface area contributed by atoms with Gasteiger partial charge in [0.05, 0.1) is 30.0 Å². The van der Waals surface area contributed by atoms with Gasteiger partial charge in [0.1, 0.15) is 5.82 Å². The van der Waals surface area contributed by atoms with Crippen LogP contribution in [0.1, 0.15) is 24.8 Å². The first-order valence-corrected chi connectivity index (χ1v) is 9.28. The zero-order valence-electron chi connectivity index (χ0n) is 15.5. The van der Waals surface area contributed by atoms with Crippen molar-refractivity contribution in [3.63, 3.8) is 0 Å². The fourth-order valence-electron chi connectivity index (χ4n) is 3.23. The number of rotatable bonds is 6. The third kappa shape index (κ3) is 3.92. The van der Waals surface area contributed by atoms with Crippen LogP contribution < -0.4 is 11.1 Å². The molecule has 4 rings (SSSR count). The lowest BCUT2D eigenvalue weighted by molar-refractivity contribution is 0.249. The Balaban J connectivity index is 1.49. The van der Waals surface area contributed by atoms with Crippen LogP contribution in [0.4, 0.5) is 4.39 Å². The van der Waals surface area contributed by atoms with E-state index in [4.69, 9.17) is 5.73 Å².